The summed E-state index contributed by atoms with van der Waals surface area (Å²) in [6, 6.07) is 0.564. The second-order valence-corrected chi connectivity index (χ2v) is 5.93. The molecule has 2 nitrogen and oxygen atoms in total. The molecule has 0 heterocycles. The van der Waals surface area contributed by atoms with Gasteiger partial charge in [0.25, 0.3) is 0 Å². The van der Waals surface area contributed by atoms with E-state index in [9.17, 15) is 0 Å². The summed E-state index contributed by atoms with van der Waals surface area (Å²) in [4.78, 5) is 0. The molecule has 0 saturated heterocycles. The highest BCUT2D eigenvalue weighted by Crippen LogP contribution is 2.13. The Labute approximate surface area is 95.5 Å². The number of aliphatic hydroxyl groups is 1. The van der Waals surface area contributed by atoms with E-state index in [0.717, 1.165) is 12.5 Å². The summed E-state index contributed by atoms with van der Waals surface area (Å²) >= 11 is 0. The van der Waals surface area contributed by atoms with Crippen LogP contribution in [0.2, 0.25) is 0 Å². The highest BCUT2D eigenvalue weighted by Gasteiger charge is 2.16. The zero-order valence-electron chi connectivity index (χ0n) is 11.1. The van der Waals surface area contributed by atoms with Gasteiger partial charge in [-0.3, -0.25) is 0 Å². The molecule has 2 N–H and O–H groups in total. The zero-order chi connectivity index (χ0) is 11.9. The lowest BCUT2D eigenvalue weighted by molar-refractivity contribution is 0.153. The van der Waals surface area contributed by atoms with E-state index in [2.05, 4.69) is 39.9 Å². The van der Waals surface area contributed by atoms with Crippen molar-refractivity contribution in [3.8, 4) is 0 Å². The van der Waals surface area contributed by atoms with E-state index >= 15 is 0 Å². The van der Waals surface area contributed by atoms with Gasteiger partial charge in [0.15, 0.2) is 0 Å². The van der Waals surface area contributed by atoms with Crippen molar-refractivity contribution in [2.24, 2.45) is 11.3 Å². The van der Waals surface area contributed by atoms with E-state index in [1.807, 2.05) is 0 Å². The van der Waals surface area contributed by atoms with Gasteiger partial charge in [0.2, 0.25) is 0 Å². The highest BCUT2D eigenvalue weighted by atomic mass is 16.3. The topological polar surface area (TPSA) is 32.3 Å². The van der Waals surface area contributed by atoms with E-state index in [0.29, 0.717) is 6.04 Å². The van der Waals surface area contributed by atoms with Gasteiger partial charge in [-0.05, 0) is 19.3 Å². The molecule has 0 saturated carbocycles. The van der Waals surface area contributed by atoms with Crippen LogP contribution < -0.4 is 5.32 Å². The first-order valence-corrected chi connectivity index (χ1v) is 6.21. The van der Waals surface area contributed by atoms with Crippen molar-refractivity contribution in [2.45, 2.75) is 59.9 Å². The van der Waals surface area contributed by atoms with Gasteiger partial charge < -0.3 is 10.4 Å². The molecule has 0 bridgehead atoms. The Bertz CT molecular complexity index is 155. The summed E-state index contributed by atoms with van der Waals surface area (Å²) in [7, 11) is 0. The molecular weight excluding hydrogens is 186 g/mol. The first-order valence-electron chi connectivity index (χ1n) is 6.21. The van der Waals surface area contributed by atoms with Gasteiger partial charge in [0.1, 0.15) is 0 Å². The van der Waals surface area contributed by atoms with Crippen molar-refractivity contribution in [1.29, 1.82) is 0 Å². The molecule has 0 fully saturated rings. The molecule has 0 rings (SSSR count). The summed E-state index contributed by atoms with van der Waals surface area (Å²) in [5.74, 6) is 0.811. The summed E-state index contributed by atoms with van der Waals surface area (Å²) in [6.07, 6.45) is 3.85. The van der Waals surface area contributed by atoms with Crippen molar-refractivity contribution < 1.29 is 5.11 Å². The maximum atomic E-state index is 9.12. The third kappa shape index (κ3) is 8.88. The average Bonchev–Trinajstić information content (AvgIpc) is 2.14. The van der Waals surface area contributed by atoms with Crippen LogP contribution >= 0.6 is 0 Å². The largest absolute Gasteiger partial charge is 0.396 e. The first kappa shape index (κ1) is 14.9. The number of hydrogen-bond donors (Lipinski definition) is 2. The van der Waals surface area contributed by atoms with Gasteiger partial charge in [-0.15, -0.1) is 0 Å². The molecule has 0 spiro atoms. The quantitative estimate of drug-likeness (QED) is 0.652. The molecule has 1 atom stereocenters. The van der Waals surface area contributed by atoms with Gasteiger partial charge in [0, 0.05) is 24.6 Å². The molecule has 0 radical (unpaired) electrons. The molecule has 1 unspecified atom stereocenters. The Morgan fingerprint density at radius 3 is 2.20 bits per heavy atom. The summed E-state index contributed by atoms with van der Waals surface area (Å²) in [6.45, 7) is 12.1. The highest BCUT2D eigenvalue weighted by molar-refractivity contribution is 4.72. The smallest absolute Gasteiger partial charge is 0.0494 e. The van der Waals surface area contributed by atoms with Crippen LogP contribution in [0.1, 0.15) is 53.9 Å². The normalized spacial score (nSPS) is 14.6. The number of nitrogens with one attached hydrogen (secondary N) is 1. The average molecular weight is 215 g/mol. The van der Waals surface area contributed by atoms with E-state index < -0.39 is 0 Å². The van der Waals surface area contributed by atoms with Crippen LogP contribution in [-0.2, 0) is 0 Å². The molecule has 0 aromatic rings. The number of aliphatic hydroxyl groups excluding tert-OH is 1. The van der Waals surface area contributed by atoms with E-state index in [-0.39, 0.29) is 12.0 Å². The molecule has 2 heteroatoms. The number of hydrogen-bond acceptors (Lipinski definition) is 2. The Hall–Kier alpha value is -0.0800. The summed E-state index contributed by atoms with van der Waals surface area (Å²) in [5.41, 5.74) is 0.00626. The predicted octanol–water partition coefficient (Wildman–Crippen LogP) is 2.81. The SMILES string of the molecule is CC(C)CCCC(C)NCC(C)(C)CO. The fraction of sp³-hybridized carbons (Fsp3) is 1.00. The van der Waals surface area contributed by atoms with Crippen LogP contribution in [0, 0.1) is 11.3 Å². The van der Waals surface area contributed by atoms with Crippen LogP contribution in [0.5, 0.6) is 0 Å². The van der Waals surface area contributed by atoms with Crippen LogP contribution in [0.4, 0.5) is 0 Å². The van der Waals surface area contributed by atoms with Gasteiger partial charge >= 0.3 is 0 Å². The molecule has 0 aliphatic carbocycles. The maximum Gasteiger partial charge on any atom is 0.0494 e. The van der Waals surface area contributed by atoms with Crippen molar-refractivity contribution in [3.63, 3.8) is 0 Å². The fourth-order valence-electron chi connectivity index (χ4n) is 1.44. The Balaban J connectivity index is 3.53. The third-order valence-corrected chi connectivity index (χ3v) is 2.78. The molecule has 0 aromatic carbocycles. The molecular formula is C13H29NO. The van der Waals surface area contributed by atoms with Gasteiger partial charge in [-0.25, -0.2) is 0 Å². The third-order valence-electron chi connectivity index (χ3n) is 2.78. The molecule has 0 aliphatic rings. The monoisotopic (exact) mass is 215 g/mol. The minimum atomic E-state index is 0.00626. The maximum absolute atomic E-state index is 9.12. The van der Waals surface area contributed by atoms with Crippen LogP contribution in [-0.4, -0.2) is 24.3 Å². The van der Waals surface area contributed by atoms with Crippen molar-refractivity contribution in [2.75, 3.05) is 13.2 Å². The van der Waals surface area contributed by atoms with Gasteiger partial charge in [0.05, 0.1) is 0 Å². The lowest BCUT2D eigenvalue weighted by atomic mass is 9.94. The minimum Gasteiger partial charge on any atom is -0.396 e. The minimum absolute atomic E-state index is 0.00626. The Morgan fingerprint density at radius 2 is 1.73 bits per heavy atom. The van der Waals surface area contributed by atoms with Crippen LogP contribution in [0.3, 0.4) is 0 Å². The first-order chi connectivity index (χ1) is 6.87. The van der Waals surface area contributed by atoms with E-state index in [1.54, 1.807) is 0 Å². The van der Waals surface area contributed by atoms with Crippen molar-refractivity contribution in [1.82, 2.24) is 5.32 Å². The molecule has 0 aromatic heterocycles. The van der Waals surface area contributed by atoms with E-state index in [4.69, 9.17) is 5.11 Å². The molecule has 15 heavy (non-hydrogen) atoms. The lowest BCUT2D eigenvalue weighted by Gasteiger charge is -2.25. The zero-order valence-corrected chi connectivity index (χ0v) is 11.1. The molecule has 92 valence electrons. The molecule has 0 amide bonds. The standard InChI is InChI=1S/C13H29NO/c1-11(2)7-6-8-12(3)14-9-13(4,5)10-15/h11-12,14-15H,6-10H2,1-5H3. The van der Waals surface area contributed by atoms with Crippen molar-refractivity contribution in [3.05, 3.63) is 0 Å². The second kappa shape index (κ2) is 7.24. The van der Waals surface area contributed by atoms with Crippen LogP contribution in [0.15, 0.2) is 0 Å². The fourth-order valence-corrected chi connectivity index (χ4v) is 1.44. The Morgan fingerprint density at radius 1 is 1.13 bits per heavy atom. The summed E-state index contributed by atoms with van der Waals surface area (Å²) < 4.78 is 0. The number of rotatable bonds is 8. The molecule has 0 aliphatic heterocycles. The lowest BCUT2D eigenvalue weighted by Crippen LogP contribution is -2.37. The van der Waals surface area contributed by atoms with Gasteiger partial charge in [-0.2, -0.15) is 0 Å². The Kier molecular flexibility index (Phi) is 7.20. The summed E-state index contributed by atoms with van der Waals surface area (Å²) in [5, 5.41) is 12.6. The second-order valence-electron chi connectivity index (χ2n) is 5.93. The van der Waals surface area contributed by atoms with E-state index in [1.165, 1.54) is 19.3 Å². The predicted molar refractivity (Wildman–Crippen MR) is 67.0 cm³/mol. The van der Waals surface area contributed by atoms with Gasteiger partial charge in [-0.1, -0.05) is 40.5 Å². The van der Waals surface area contributed by atoms with Crippen LogP contribution in [0.25, 0.3) is 0 Å². The van der Waals surface area contributed by atoms with Crippen molar-refractivity contribution >= 4 is 0 Å².